The van der Waals surface area contributed by atoms with Crippen LogP contribution in [0.1, 0.15) is 42.1 Å². The number of aliphatic carboxylic acids is 1. The molecule has 0 aliphatic heterocycles. The second-order valence-electron chi connectivity index (χ2n) is 5.18. The molecule has 5 nitrogen and oxygen atoms in total. The average molecular weight is 290 g/mol. The molecule has 0 heterocycles. The van der Waals surface area contributed by atoms with E-state index in [2.05, 4.69) is 0 Å². The topological polar surface area (TPSA) is 80.7 Å². The largest absolute Gasteiger partial charge is 0.481 e. The van der Waals surface area contributed by atoms with Gasteiger partial charge < -0.3 is 9.84 Å². The normalized spacial score (nSPS) is 20.7. The molecule has 0 saturated heterocycles. The summed E-state index contributed by atoms with van der Waals surface area (Å²) in [5, 5.41) is 8.89. The van der Waals surface area contributed by atoms with Gasteiger partial charge in [0.2, 0.25) is 0 Å². The van der Waals surface area contributed by atoms with E-state index in [9.17, 15) is 14.4 Å². The Hall–Kier alpha value is -2.17. The van der Waals surface area contributed by atoms with E-state index in [4.69, 9.17) is 9.84 Å². The number of ketones is 1. The van der Waals surface area contributed by atoms with Gasteiger partial charge in [-0.05, 0) is 31.7 Å². The molecule has 0 aromatic heterocycles. The molecular formula is C16H18O5. The fraction of sp³-hybridized carbons (Fsp3) is 0.438. The first-order valence-electron chi connectivity index (χ1n) is 7.03. The Morgan fingerprint density at radius 3 is 2.71 bits per heavy atom. The van der Waals surface area contributed by atoms with E-state index in [0.29, 0.717) is 18.4 Å². The first-order valence-corrected chi connectivity index (χ1v) is 7.03. The molecule has 0 spiro atoms. The first kappa shape index (κ1) is 15.2. The number of ether oxygens (including phenoxy) is 1. The maximum atomic E-state index is 12.8. The van der Waals surface area contributed by atoms with Crippen LogP contribution < -0.4 is 0 Å². The highest BCUT2D eigenvalue weighted by molar-refractivity contribution is 6.14. The standard InChI is InChI=1S/C16H18O5/c1-2-21-15(20)16(10-8-13(17)18)9-7-11-5-3-4-6-12(11)14(16)19/h3-6H,2,7-10H2,1H3,(H,17,18). The highest BCUT2D eigenvalue weighted by atomic mass is 16.5. The van der Waals surface area contributed by atoms with Gasteiger partial charge in [-0.25, -0.2) is 0 Å². The van der Waals surface area contributed by atoms with Gasteiger partial charge >= 0.3 is 11.9 Å². The Morgan fingerprint density at radius 2 is 2.05 bits per heavy atom. The fourth-order valence-electron chi connectivity index (χ4n) is 2.80. The van der Waals surface area contributed by atoms with E-state index in [-0.39, 0.29) is 25.2 Å². The molecule has 0 saturated carbocycles. The summed E-state index contributed by atoms with van der Waals surface area (Å²) in [4.78, 5) is 35.9. The fourth-order valence-corrected chi connectivity index (χ4v) is 2.80. The molecule has 0 amide bonds. The number of carbonyl (C=O) groups excluding carboxylic acids is 2. The number of esters is 1. The van der Waals surface area contributed by atoms with Crippen LogP contribution in [0.4, 0.5) is 0 Å². The van der Waals surface area contributed by atoms with Crippen molar-refractivity contribution < 1.29 is 24.2 Å². The Morgan fingerprint density at radius 1 is 1.33 bits per heavy atom. The van der Waals surface area contributed by atoms with Crippen molar-refractivity contribution in [2.45, 2.75) is 32.6 Å². The molecule has 2 rings (SSSR count). The quantitative estimate of drug-likeness (QED) is 0.664. The summed E-state index contributed by atoms with van der Waals surface area (Å²) < 4.78 is 5.05. The molecule has 1 unspecified atom stereocenters. The van der Waals surface area contributed by atoms with E-state index in [1.807, 2.05) is 12.1 Å². The molecule has 1 atom stereocenters. The molecule has 1 aliphatic rings. The maximum absolute atomic E-state index is 12.8. The monoisotopic (exact) mass is 290 g/mol. The summed E-state index contributed by atoms with van der Waals surface area (Å²) in [6.07, 6.45) is 0.621. The van der Waals surface area contributed by atoms with Gasteiger partial charge in [-0.1, -0.05) is 24.3 Å². The zero-order valence-corrected chi connectivity index (χ0v) is 11.9. The van der Waals surface area contributed by atoms with Crippen molar-refractivity contribution in [2.24, 2.45) is 5.41 Å². The van der Waals surface area contributed by atoms with Crippen LogP contribution in [0.15, 0.2) is 24.3 Å². The van der Waals surface area contributed by atoms with E-state index in [0.717, 1.165) is 5.56 Å². The van der Waals surface area contributed by atoms with E-state index >= 15 is 0 Å². The lowest BCUT2D eigenvalue weighted by Crippen LogP contribution is -2.44. The van der Waals surface area contributed by atoms with Crippen LogP contribution in [0.25, 0.3) is 0 Å². The van der Waals surface area contributed by atoms with Gasteiger partial charge in [-0.3, -0.25) is 14.4 Å². The number of carboxylic acids is 1. The summed E-state index contributed by atoms with van der Waals surface area (Å²) >= 11 is 0. The Labute approximate surface area is 122 Å². The predicted octanol–water partition coefficient (Wildman–Crippen LogP) is 2.23. The third-order valence-corrected chi connectivity index (χ3v) is 3.95. The van der Waals surface area contributed by atoms with Crippen molar-refractivity contribution in [3.8, 4) is 0 Å². The van der Waals surface area contributed by atoms with Crippen molar-refractivity contribution in [3.63, 3.8) is 0 Å². The lowest BCUT2D eigenvalue weighted by atomic mass is 9.68. The molecule has 21 heavy (non-hydrogen) atoms. The Bertz CT molecular complexity index is 578. The summed E-state index contributed by atoms with van der Waals surface area (Å²) in [6.45, 7) is 1.84. The molecule has 5 heteroatoms. The second-order valence-corrected chi connectivity index (χ2v) is 5.18. The lowest BCUT2D eigenvalue weighted by molar-refractivity contribution is -0.153. The first-order chi connectivity index (χ1) is 10.0. The van der Waals surface area contributed by atoms with Crippen LogP contribution in [0.2, 0.25) is 0 Å². The Balaban J connectivity index is 2.39. The van der Waals surface area contributed by atoms with Crippen LogP contribution in [0.5, 0.6) is 0 Å². The van der Waals surface area contributed by atoms with Crippen LogP contribution in [0, 0.1) is 5.41 Å². The second kappa shape index (κ2) is 6.08. The molecule has 1 aromatic carbocycles. The minimum atomic E-state index is -1.36. The molecule has 1 aliphatic carbocycles. The molecule has 0 bridgehead atoms. The van der Waals surface area contributed by atoms with Crippen LogP contribution in [-0.2, 0) is 20.7 Å². The highest BCUT2D eigenvalue weighted by Gasteiger charge is 2.49. The van der Waals surface area contributed by atoms with E-state index in [1.54, 1.807) is 19.1 Å². The maximum Gasteiger partial charge on any atom is 0.320 e. The lowest BCUT2D eigenvalue weighted by Gasteiger charge is -2.34. The number of Topliss-reactive ketones (excluding diaryl/α,β-unsaturated/α-hetero) is 1. The van der Waals surface area contributed by atoms with Crippen molar-refractivity contribution in [2.75, 3.05) is 6.61 Å². The molecule has 1 N–H and O–H groups in total. The summed E-state index contributed by atoms with van der Waals surface area (Å²) in [5.41, 5.74) is 0.0443. The summed E-state index contributed by atoms with van der Waals surface area (Å²) in [6, 6.07) is 7.14. The third-order valence-electron chi connectivity index (χ3n) is 3.95. The average Bonchev–Trinajstić information content (AvgIpc) is 2.47. The number of carboxylic acid groups (broad SMARTS) is 1. The van der Waals surface area contributed by atoms with Gasteiger partial charge in [0.1, 0.15) is 5.41 Å². The van der Waals surface area contributed by atoms with Crippen molar-refractivity contribution in [1.29, 1.82) is 0 Å². The molecule has 1 aromatic rings. The van der Waals surface area contributed by atoms with Gasteiger partial charge in [0.15, 0.2) is 5.78 Å². The number of fused-ring (bicyclic) bond motifs is 1. The van der Waals surface area contributed by atoms with Gasteiger partial charge in [0, 0.05) is 12.0 Å². The van der Waals surface area contributed by atoms with Crippen molar-refractivity contribution >= 4 is 17.7 Å². The van der Waals surface area contributed by atoms with Gasteiger partial charge in [-0.2, -0.15) is 0 Å². The molecular weight excluding hydrogens is 272 g/mol. The van der Waals surface area contributed by atoms with Crippen LogP contribution in [-0.4, -0.2) is 29.4 Å². The van der Waals surface area contributed by atoms with Crippen LogP contribution >= 0.6 is 0 Å². The SMILES string of the molecule is CCOC(=O)C1(CCC(=O)O)CCc2ccccc2C1=O. The van der Waals surface area contributed by atoms with Gasteiger partial charge in [-0.15, -0.1) is 0 Å². The van der Waals surface area contributed by atoms with Crippen molar-refractivity contribution in [1.82, 2.24) is 0 Å². The number of aryl methyl sites for hydroxylation is 1. The summed E-state index contributed by atoms with van der Waals surface area (Å²) in [5.74, 6) is -1.94. The Kier molecular flexibility index (Phi) is 4.40. The zero-order chi connectivity index (χ0) is 15.5. The summed E-state index contributed by atoms with van der Waals surface area (Å²) in [7, 11) is 0. The number of hydrogen-bond acceptors (Lipinski definition) is 4. The smallest absolute Gasteiger partial charge is 0.320 e. The zero-order valence-electron chi connectivity index (χ0n) is 11.9. The highest BCUT2D eigenvalue weighted by Crippen LogP contribution is 2.40. The number of benzene rings is 1. The third kappa shape index (κ3) is 2.82. The minimum Gasteiger partial charge on any atom is -0.481 e. The van der Waals surface area contributed by atoms with E-state index < -0.39 is 17.4 Å². The number of hydrogen-bond donors (Lipinski definition) is 1. The van der Waals surface area contributed by atoms with Crippen LogP contribution in [0.3, 0.4) is 0 Å². The number of rotatable bonds is 5. The minimum absolute atomic E-state index is 0.0195. The van der Waals surface area contributed by atoms with E-state index in [1.165, 1.54) is 0 Å². The van der Waals surface area contributed by atoms with Crippen molar-refractivity contribution in [3.05, 3.63) is 35.4 Å². The molecule has 112 valence electrons. The predicted molar refractivity (Wildman–Crippen MR) is 75.0 cm³/mol. The molecule has 0 fully saturated rings. The molecule has 0 radical (unpaired) electrons. The van der Waals surface area contributed by atoms with Gasteiger partial charge in [0.05, 0.1) is 6.61 Å². The number of carbonyl (C=O) groups is 3. The van der Waals surface area contributed by atoms with Gasteiger partial charge in [0.25, 0.3) is 0 Å².